The number of carbonyl (C=O) groups is 1. The lowest BCUT2D eigenvalue weighted by molar-refractivity contribution is 0.0939. The molecule has 4 nitrogen and oxygen atoms in total. The number of hydrogen-bond donors (Lipinski definition) is 2. The summed E-state index contributed by atoms with van der Waals surface area (Å²) in [7, 11) is 0. The highest BCUT2D eigenvalue weighted by Crippen LogP contribution is 2.27. The average Bonchev–Trinajstić information content (AvgIpc) is 2.79. The quantitative estimate of drug-likeness (QED) is 0.485. The summed E-state index contributed by atoms with van der Waals surface area (Å²) in [5.74, 6) is -0.902. The maximum atomic E-state index is 13.4. The van der Waals surface area contributed by atoms with Crippen LogP contribution in [0.2, 0.25) is 0 Å². The number of aliphatic hydroxyl groups excluding tert-OH is 1. The van der Waals surface area contributed by atoms with Gasteiger partial charge in [-0.2, -0.15) is 0 Å². The molecule has 0 saturated carbocycles. The topological polar surface area (TPSA) is 62.2 Å². The van der Waals surface area contributed by atoms with Crippen LogP contribution in [0.4, 0.5) is 17.6 Å². The van der Waals surface area contributed by atoms with Crippen LogP contribution in [0.3, 0.4) is 0 Å². The van der Waals surface area contributed by atoms with Crippen LogP contribution in [0.5, 0.6) is 0 Å². The zero-order chi connectivity index (χ0) is 23.7. The van der Waals surface area contributed by atoms with Crippen LogP contribution in [-0.2, 0) is 0 Å². The van der Waals surface area contributed by atoms with Crippen molar-refractivity contribution >= 4 is 5.91 Å². The number of halogens is 4. The van der Waals surface area contributed by atoms with Crippen molar-refractivity contribution in [2.24, 2.45) is 0 Å². The minimum Gasteiger partial charge on any atom is -0.386 e. The Labute approximate surface area is 183 Å². The highest BCUT2D eigenvalue weighted by Gasteiger charge is 2.17. The highest BCUT2D eigenvalue weighted by molar-refractivity contribution is 5.96. The lowest BCUT2D eigenvalue weighted by Crippen LogP contribution is -2.27. The lowest BCUT2D eigenvalue weighted by Gasteiger charge is -2.16. The third-order valence-corrected chi connectivity index (χ3v) is 4.71. The Morgan fingerprint density at radius 2 is 1.66 bits per heavy atom. The molecule has 2 aromatic carbocycles. The van der Waals surface area contributed by atoms with Gasteiger partial charge in [-0.25, -0.2) is 17.6 Å². The van der Waals surface area contributed by atoms with Crippen LogP contribution in [0.15, 0.2) is 60.9 Å². The first kappa shape index (κ1) is 25.0. The van der Waals surface area contributed by atoms with Crippen LogP contribution in [-0.4, -0.2) is 29.6 Å². The van der Waals surface area contributed by atoms with E-state index in [1.807, 2.05) is 31.2 Å². The number of carbonyl (C=O) groups excluding carboxylic acids is 1. The van der Waals surface area contributed by atoms with Gasteiger partial charge in [0, 0.05) is 11.8 Å². The Kier molecular flexibility index (Phi) is 9.34. The second-order valence-corrected chi connectivity index (χ2v) is 7.11. The summed E-state index contributed by atoms with van der Waals surface area (Å²) < 4.78 is 45.7. The molecule has 2 unspecified atom stereocenters. The maximum Gasteiger partial charge on any atom is 0.251 e. The molecule has 0 bridgehead atoms. The van der Waals surface area contributed by atoms with Crippen molar-refractivity contribution in [2.45, 2.75) is 26.0 Å². The van der Waals surface area contributed by atoms with E-state index in [9.17, 15) is 27.5 Å². The zero-order valence-electron chi connectivity index (χ0n) is 17.7. The number of pyridine rings is 1. The van der Waals surface area contributed by atoms with Crippen LogP contribution < -0.4 is 5.32 Å². The molecule has 170 valence electrons. The molecule has 1 amide bonds. The Hall–Kier alpha value is -3.26. The largest absolute Gasteiger partial charge is 0.386 e. The molecule has 3 rings (SSSR count). The molecule has 0 radical (unpaired) electrons. The van der Waals surface area contributed by atoms with Crippen molar-refractivity contribution in [3.8, 4) is 11.1 Å². The van der Waals surface area contributed by atoms with Gasteiger partial charge in [-0.15, -0.1) is 0 Å². The zero-order valence-corrected chi connectivity index (χ0v) is 17.7. The van der Waals surface area contributed by atoms with E-state index < -0.39 is 37.5 Å². The van der Waals surface area contributed by atoms with E-state index in [4.69, 9.17) is 0 Å². The fourth-order valence-electron chi connectivity index (χ4n) is 3.01. The van der Waals surface area contributed by atoms with Gasteiger partial charge in [0.1, 0.15) is 18.6 Å². The first-order valence-electron chi connectivity index (χ1n) is 9.78. The SMILES string of the molecule is Cc1ccc(-c2cc(C(=O)NC(C)c3cncc(F)c3)cc(C(O)CF)c2)cc1.FCF. The Bertz CT molecular complexity index is 1030. The number of nitrogens with one attached hydrogen (secondary N) is 1. The molecular formula is C24H24F4N2O2. The molecule has 0 saturated heterocycles. The van der Waals surface area contributed by atoms with Gasteiger partial charge in [0.05, 0.1) is 12.2 Å². The van der Waals surface area contributed by atoms with E-state index in [1.165, 1.54) is 18.3 Å². The van der Waals surface area contributed by atoms with Crippen LogP contribution in [0.1, 0.15) is 46.1 Å². The summed E-state index contributed by atoms with van der Waals surface area (Å²) in [5.41, 5.74) is 3.75. The molecule has 2 N–H and O–H groups in total. The molecule has 1 aromatic heterocycles. The third kappa shape index (κ3) is 6.88. The van der Waals surface area contributed by atoms with Crippen molar-refractivity contribution in [1.82, 2.24) is 10.3 Å². The normalized spacial score (nSPS) is 12.3. The maximum absolute atomic E-state index is 13.4. The average molecular weight is 448 g/mol. The second kappa shape index (κ2) is 12.0. The smallest absolute Gasteiger partial charge is 0.251 e. The van der Waals surface area contributed by atoms with Gasteiger partial charge >= 0.3 is 0 Å². The molecule has 32 heavy (non-hydrogen) atoms. The fourth-order valence-corrected chi connectivity index (χ4v) is 3.01. The van der Waals surface area contributed by atoms with Gasteiger partial charge < -0.3 is 10.4 Å². The van der Waals surface area contributed by atoms with Crippen LogP contribution in [0.25, 0.3) is 11.1 Å². The molecule has 3 aromatic rings. The summed E-state index contributed by atoms with van der Waals surface area (Å²) in [4.78, 5) is 16.6. The Balaban J connectivity index is 0.00000114. The first-order valence-corrected chi connectivity index (χ1v) is 9.78. The molecule has 0 aliphatic rings. The standard InChI is InChI=1S/C23H22F2N2O2.CH2F2/c1-14-3-5-16(6-4-14)17-7-18(22(28)11-24)9-19(8-17)23(29)27-15(2)20-10-21(25)13-26-12-20;2-1-3/h3-10,12-13,15,22,28H,11H2,1-2H3,(H,27,29);1H2. The molecule has 8 heteroatoms. The van der Waals surface area contributed by atoms with E-state index >= 15 is 0 Å². The number of aryl methyl sites for hydroxylation is 1. The summed E-state index contributed by atoms with van der Waals surface area (Å²) in [6.45, 7) is 0.980. The molecule has 2 atom stereocenters. The van der Waals surface area contributed by atoms with Gasteiger partial charge in [0.15, 0.2) is 0 Å². The molecule has 0 aliphatic carbocycles. The highest BCUT2D eigenvalue weighted by atomic mass is 19.3. The Morgan fingerprint density at radius 1 is 1.00 bits per heavy atom. The third-order valence-electron chi connectivity index (χ3n) is 4.71. The van der Waals surface area contributed by atoms with E-state index in [0.29, 0.717) is 16.7 Å². The number of amides is 1. The van der Waals surface area contributed by atoms with Crippen LogP contribution >= 0.6 is 0 Å². The molecule has 1 heterocycles. The van der Waals surface area contributed by atoms with Gasteiger partial charge in [-0.3, -0.25) is 9.78 Å². The number of aromatic nitrogens is 1. The van der Waals surface area contributed by atoms with Crippen molar-refractivity contribution in [3.63, 3.8) is 0 Å². The number of rotatable bonds is 6. The second-order valence-electron chi connectivity index (χ2n) is 7.11. The predicted octanol–water partition coefficient (Wildman–Crippen LogP) is 5.57. The number of benzene rings is 2. The van der Waals surface area contributed by atoms with Gasteiger partial charge in [-0.1, -0.05) is 29.8 Å². The number of alkyl halides is 3. The monoisotopic (exact) mass is 448 g/mol. The van der Waals surface area contributed by atoms with Gasteiger partial charge in [-0.05, 0) is 60.4 Å². The summed E-state index contributed by atoms with van der Waals surface area (Å²) in [5, 5.41) is 12.8. The fraction of sp³-hybridized carbons (Fsp3) is 0.250. The van der Waals surface area contributed by atoms with Crippen molar-refractivity contribution in [3.05, 3.63) is 89.0 Å². The molecular weight excluding hydrogens is 424 g/mol. The van der Waals surface area contributed by atoms with Crippen molar-refractivity contribution < 1.29 is 27.5 Å². The summed E-state index contributed by atoms with van der Waals surface area (Å²) in [6.07, 6.45) is 1.25. The van der Waals surface area contributed by atoms with Crippen molar-refractivity contribution in [2.75, 3.05) is 13.6 Å². The minimum atomic E-state index is -1.75. The molecule has 0 aliphatic heterocycles. The summed E-state index contributed by atoms with van der Waals surface area (Å²) >= 11 is 0. The minimum absolute atomic E-state index is 0.279. The number of nitrogens with zero attached hydrogens (tertiary/aromatic N) is 1. The van der Waals surface area contributed by atoms with E-state index in [2.05, 4.69) is 10.3 Å². The van der Waals surface area contributed by atoms with E-state index in [-0.39, 0.29) is 5.56 Å². The number of aliphatic hydroxyl groups is 1. The van der Waals surface area contributed by atoms with Gasteiger partial charge in [0.25, 0.3) is 5.91 Å². The predicted molar refractivity (Wildman–Crippen MR) is 115 cm³/mol. The Morgan fingerprint density at radius 3 is 2.25 bits per heavy atom. The van der Waals surface area contributed by atoms with Crippen LogP contribution in [0, 0.1) is 12.7 Å². The molecule has 0 fully saturated rings. The van der Waals surface area contributed by atoms with Gasteiger partial charge in [0.2, 0.25) is 6.93 Å². The van der Waals surface area contributed by atoms with Crippen molar-refractivity contribution in [1.29, 1.82) is 0 Å². The first-order chi connectivity index (χ1) is 15.3. The lowest BCUT2D eigenvalue weighted by atomic mass is 9.96. The van der Waals surface area contributed by atoms with E-state index in [1.54, 1.807) is 19.1 Å². The van der Waals surface area contributed by atoms with E-state index in [0.717, 1.165) is 17.3 Å². The summed E-state index contributed by atoms with van der Waals surface area (Å²) in [6, 6.07) is 13.3. The molecule has 0 spiro atoms. The number of hydrogen-bond acceptors (Lipinski definition) is 3.